The van der Waals surface area contributed by atoms with Crippen LogP contribution in [-0.2, 0) is 14.3 Å². The van der Waals surface area contributed by atoms with Gasteiger partial charge in [-0.15, -0.1) is 0 Å². The molecule has 1 atom stereocenters. The predicted octanol–water partition coefficient (Wildman–Crippen LogP) is 2.30. The highest BCUT2D eigenvalue weighted by atomic mass is 19.1. The first-order valence-corrected chi connectivity index (χ1v) is 10.6. The summed E-state index contributed by atoms with van der Waals surface area (Å²) in [6.07, 6.45) is 0. The van der Waals surface area contributed by atoms with Crippen molar-refractivity contribution in [3.8, 4) is 0 Å². The van der Waals surface area contributed by atoms with Crippen LogP contribution in [0.3, 0.4) is 0 Å². The third-order valence-electron chi connectivity index (χ3n) is 5.42. The summed E-state index contributed by atoms with van der Waals surface area (Å²) in [6.45, 7) is 2.90. The molecule has 4 rings (SSSR count). The summed E-state index contributed by atoms with van der Waals surface area (Å²) < 4.78 is 23.5. The van der Waals surface area contributed by atoms with Gasteiger partial charge < -0.3 is 20.1 Å². The molecule has 11 heteroatoms. The molecule has 0 fully saturated rings. The Balaban J connectivity index is 1.54. The maximum absolute atomic E-state index is 13.2. The van der Waals surface area contributed by atoms with Gasteiger partial charge in [0.2, 0.25) is 0 Å². The Hall–Kier alpha value is -4.54. The fourth-order valence-corrected chi connectivity index (χ4v) is 3.81. The topological polar surface area (TPSA) is 131 Å². The second-order valence-electron chi connectivity index (χ2n) is 7.69. The SMILES string of the molecule is CCOC(=O)C1=C(COC(=O)c2ccc3c(c2)C(=O)N(c2ccc(F)cc2)C3=O)NC(=O)N[C@@H]1C. The van der Waals surface area contributed by atoms with Crippen molar-refractivity contribution in [1.82, 2.24) is 10.6 Å². The molecular weight excluding hydrogens is 461 g/mol. The monoisotopic (exact) mass is 481 g/mol. The van der Waals surface area contributed by atoms with Crippen molar-refractivity contribution in [1.29, 1.82) is 0 Å². The van der Waals surface area contributed by atoms with Crippen LogP contribution in [0.15, 0.2) is 53.7 Å². The number of nitrogens with one attached hydrogen (secondary N) is 2. The molecule has 0 aromatic heterocycles. The van der Waals surface area contributed by atoms with Gasteiger partial charge >= 0.3 is 18.0 Å². The highest BCUT2D eigenvalue weighted by Gasteiger charge is 2.37. The number of anilines is 1. The van der Waals surface area contributed by atoms with Crippen molar-refractivity contribution in [3.05, 3.63) is 76.2 Å². The molecule has 0 radical (unpaired) electrons. The average molecular weight is 481 g/mol. The maximum Gasteiger partial charge on any atom is 0.338 e. The maximum atomic E-state index is 13.2. The van der Waals surface area contributed by atoms with Gasteiger partial charge in [-0.1, -0.05) is 0 Å². The van der Waals surface area contributed by atoms with Crippen LogP contribution in [0.1, 0.15) is 44.9 Å². The Morgan fingerprint density at radius 1 is 0.971 bits per heavy atom. The van der Waals surface area contributed by atoms with Crippen LogP contribution in [0.25, 0.3) is 0 Å². The lowest BCUT2D eigenvalue weighted by molar-refractivity contribution is -0.139. The molecule has 2 aromatic rings. The number of amides is 4. The van der Waals surface area contributed by atoms with Gasteiger partial charge in [0.1, 0.15) is 12.4 Å². The Morgan fingerprint density at radius 3 is 2.34 bits per heavy atom. The van der Waals surface area contributed by atoms with E-state index in [1.807, 2.05) is 0 Å². The van der Waals surface area contributed by atoms with Crippen molar-refractivity contribution in [2.45, 2.75) is 19.9 Å². The molecule has 0 aliphatic carbocycles. The zero-order chi connectivity index (χ0) is 25.3. The molecule has 0 spiro atoms. The number of carbonyl (C=O) groups excluding carboxylic acids is 5. The van der Waals surface area contributed by atoms with E-state index >= 15 is 0 Å². The number of imide groups is 1. The van der Waals surface area contributed by atoms with Gasteiger partial charge in [-0.25, -0.2) is 23.7 Å². The number of halogens is 1. The summed E-state index contributed by atoms with van der Waals surface area (Å²) >= 11 is 0. The lowest BCUT2D eigenvalue weighted by atomic mass is 10.0. The van der Waals surface area contributed by atoms with E-state index in [2.05, 4.69) is 10.6 Å². The van der Waals surface area contributed by atoms with Gasteiger partial charge in [0.05, 0.1) is 46.3 Å². The van der Waals surface area contributed by atoms with Gasteiger partial charge in [-0.05, 0) is 56.3 Å². The minimum atomic E-state index is -0.843. The number of ether oxygens (including phenoxy) is 2. The number of fused-ring (bicyclic) bond motifs is 1. The first-order valence-electron chi connectivity index (χ1n) is 10.6. The lowest BCUT2D eigenvalue weighted by Gasteiger charge is -2.26. The van der Waals surface area contributed by atoms with E-state index in [4.69, 9.17) is 9.47 Å². The first kappa shape index (κ1) is 23.6. The van der Waals surface area contributed by atoms with Crippen LogP contribution in [0.5, 0.6) is 0 Å². The van der Waals surface area contributed by atoms with Crippen LogP contribution in [0, 0.1) is 5.82 Å². The van der Waals surface area contributed by atoms with E-state index in [-0.39, 0.29) is 40.3 Å². The summed E-state index contributed by atoms with van der Waals surface area (Å²) in [7, 11) is 0. The summed E-state index contributed by atoms with van der Waals surface area (Å²) in [5.74, 6) is -3.30. The van der Waals surface area contributed by atoms with E-state index in [1.54, 1.807) is 13.8 Å². The van der Waals surface area contributed by atoms with Gasteiger partial charge in [-0.3, -0.25) is 9.59 Å². The molecule has 4 amide bonds. The Labute approximate surface area is 198 Å². The van der Waals surface area contributed by atoms with E-state index in [0.29, 0.717) is 0 Å². The fraction of sp³-hybridized carbons (Fsp3) is 0.208. The molecule has 0 saturated carbocycles. The Morgan fingerprint density at radius 2 is 1.66 bits per heavy atom. The zero-order valence-electron chi connectivity index (χ0n) is 18.7. The largest absolute Gasteiger partial charge is 0.463 e. The second kappa shape index (κ2) is 9.37. The minimum absolute atomic E-state index is 0.0102. The van der Waals surface area contributed by atoms with E-state index in [9.17, 15) is 28.4 Å². The number of rotatable bonds is 6. The third kappa shape index (κ3) is 4.47. The Bertz CT molecular complexity index is 1290. The van der Waals surface area contributed by atoms with Crippen LogP contribution in [0.2, 0.25) is 0 Å². The summed E-state index contributed by atoms with van der Waals surface area (Å²) in [4.78, 5) is 63.3. The molecule has 10 nitrogen and oxygen atoms in total. The number of urea groups is 1. The molecule has 2 aromatic carbocycles. The number of hydrogen-bond acceptors (Lipinski definition) is 7. The minimum Gasteiger partial charge on any atom is -0.463 e. The third-order valence-corrected chi connectivity index (χ3v) is 5.42. The molecule has 0 bridgehead atoms. The van der Waals surface area contributed by atoms with Crippen molar-refractivity contribution in [2.24, 2.45) is 0 Å². The van der Waals surface area contributed by atoms with Gasteiger partial charge in [0, 0.05) is 0 Å². The molecule has 2 aliphatic rings. The highest BCUT2D eigenvalue weighted by molar-refractivity contribution is 6.34. The molecular formula is C24H20FN3O7. The van der Waals surface area contributed by atoms with Crippen molar-refractivity contribution < 1.29 is 37.8 Å². The normalized spacial score (nSPS) is 17.1. The van der Waals surface area contributed by atoms with Crippen LogP contribution in [0.4, 0.5) is 14.9 Å². The van der Waals surface area contributed by atoms with E-state index < -0.39 is 48.3 Å². The van der Waals surface area contributed by atoms with Gasteiger partial charge in [0.15, 0.2) is 0 Å². The van der Waals surface area contributed by atoms with Crippen LogP contribution >= 0.6 is 0 Å². The number of esters is 2. The predicted molar refractivity (Wildman–Crippen MR) is 119 cm³/mol. The van der Waals surface area contributed by atoms with E-state index in [0.717, 1.165) is 17.0 Å². The molecule has 35 heavy (non-hydrogen) atoms. The molecule has 180 valence electrons. The molecule has 0 unspecified atom stereocenters. The van der Waals surface area contributed by atoms with Crippen molar-refractivity contribution in [3.63, 3.8) is 0 Å². The van der Waals surface area contributed by atoms with Crippen molar-refractivity contribution >= 4 is 35.5 Å². The molecule has 2 aliphatic heterocycles. The molecule has 2 heterocycles. The van der Waals surface area contributed by atoms with Gasteiger partial charge in [0.25, 0.3) is 11.8 Å². The lowest BCUT2D eigenvalue weighted by Crippen LogP contribution is -2.50. The quantitative estimate of drug-likeness (QED) is 0.478. The smallest absolute Gasteiger partial charge is 0.338 e. The highest BCUT2D eigenvalue weighted by Crippen LogP contribution is 2.29. The number of nitrogens with zero attached hydrogens (tertiary/aromatic N) is 1. The van der Waals surface area contributed by atoms with Crippen LogP contribution in [-0.4, -0.2) is 49.0 Å². The second-order valence-corrected chi connectivity index (χ2v) is 7.69. The zero-order valence-corrected chi connectivity index (χ0v) is 18.7. The van der Waals surface area contributed by atoms with Gasteiger partial charge in [-0.2, -0.15) is 0 Å². The summed E-state index contributed by atoms with van der Waals surface area (Å²) in [5.41, 5.74) is 0.437. The van der Waals surface area contributed by atoms with E-state index in [1.165, 1.54) is 30.3 Å². The average Bonchev–Trinajstić information content (AvgIpc) is 3.07. The molecule has 2 N–H and O–H groups in total. The molecule has 0 saturated heterocycles. The number of hydrogen-bond donors (Lipinski definition) is 2. The van der Waals surface area contributed by atoms with Crippen molar-refractivity contribution in [2.75, 3.05) is 18.1 Å². The summed E-state index contributed by atoms with van der Waals surface area (Å²) in [6, 6.07) is 7.49. The number of benzene rings is 2. The standard InChI is InChI=1S/C24H20FN3O7/c1-3-34-23(32)19-12(2)26-24(33)27-18(19)11-35-22(31)13-4-9-16-17(10-13)21(30)28(20(16)29)15-7-5-14(25)6-8-15/h4-10,12H,3,11H2,1-2H3,(H2,26,27,33)/t12-/m1/s1. The fourth-order valence-electron chi connectivity index (χ4n) is 3.81. The Kier molecular flexibility index (Phi) is 6.32. The first-order chi connectivity index (χ1) is 16.7. The summed E-state index contributed by atoms with van der Waals surface area (Å²) in [5, 5.41) is 4.98. The number of carbonyl (C=O) groups is 5. The van der Waals surface area contributed by atoms with Crippen LogP contribution < -0.4 is 15.5 Å².